The van der Waals surface area contributed by atoms with E-state index < -0.39 is 23.5 Å². The summed E-state index contributed by atoms with van der Waals surface area (Å²) in [5.41, 5.74) is 1.54. The van der Waals surface area contributed by atoms with Crippen molar-refractivity contribution >= 4 is 29.1 Å². The van der Waals surface area contributed by atoms with E-state index in [4.69, 9.17) is 11.6 Å². The van der Waals surface area contributed by atoms with E-state index in [1.807, 2.05) is 0 Å². The summed E-state index contributed by atoms with van der Waals surface area (Å²) in [6.07, 6.45) is 3.22. The maximum Gasteiger partial charge on any atom is 0.295 e. The maximum atomic E-state index is 13.3. The Kier molecular flexibility index (Phi) is 5.33. The number of Topliss-reactive ketones (excluding diaryl/α,β-unsaturated/α-hetero) is 1. The zero-order valence-electron chi connectivity index (χ0n) is 15.6. The van der Waals surface area contributed by atoms with Gasteiger partial charge in [0.1, 0.15) is 11.6 Å². The summed E-state index contributed by atoms with van der Waals surface area (Å²) < 4.78 is 13.3. The predicted molar refractivity (Wildman–Crippen MR) is 110 cm³/mol. The summed E-state index contributed by atoms with van der Waals surface area (Å²) in [4.78, 5) is 31.2. The summed E-state index contributed by atoms with van der Waals surface area (Å²) in [7, 11) is 0. The molecular weight excluding hydrogens is 407 g/mol. The topological polar surface area (TPSA) is 70.5 Å². The number of likely N-dealkylation sites (tertiary alicyclic amines) is 1. The molecule has 1 saturated heterocycles. The SMILES string of the molecule is O=C1C(=O)N(Cc2cccnc2)C(c2ccc(Cl)cc2)/C1=C(/O)c1ccc(F)cc1. The van der Waals surface area contributed by atoms with Crippen LogP contribution in [0.15, 0.2) is 78.6 Å². The molecule has 1 aliphatic heterocycles. The van der Waals surface area contributed by atoms with Crippen molar-refractivity contribution in [1.29, 1.82) is 0 Å². The van der Waals surface area contributed by atoms with E-state index in [-0.39, 0.29) is 23.4 Å². The molecule has 3 aromatic rings. The molecule has 7 heteroatoms. The fourth-order valence-corrected chi connectivity index (χ4v) is 3.61. The average Bonchev–Trinajstić information content (AvgIpc) is 3.00. The van der Waals surface area contributed by atoms with E-state index in [9.17, 15) is 19.1 Å². The van der Waals surface area contributed by atoms with Crippen molar-refractivity contribution in [2.45, 2.75) is 12.6 Å². The number of aliphatic hydroxyl groups is 1. The molecule has 150 valence electrons. The Morgan fingerprint density at radius 1 is 1.07 bits per heavy atom. The van der Waals surface area contributed by atoms with Crippen molar-refractivity contribution in [3.05, 3.63) is 106 Å². The van der Waals surface area contributed by atoms with Gasteiger partial charge in [0.15, 0.2) is 0 Å². The number of hydrogen-bond acceptors (Lipinski definition) is 4. The van der Waals surface area contributed by atoms with E-state index in [2.05, 4.69) is 4.98 Å². The van der Waals surface area contributed by atoms with Crippen LogP contribution in [0.25, 0.3) is 5.76 Å². The molecule has 4 rings (SSSR count). The highest BCUT2D eigenvalue weighted by Gasteiger charge is 2.46. The van der Waals surface area contributed by atoms with Crippen LogP contribution in [0.3, 0.4) is 0 Å². The van der Waals surface area contributed by atoms with Gasteiger partial charge in [0.2, 0.25) is 0 Å². The van der Waals surface area contributed by atoms with Gasteiger partial charge in [-0.25, -0.2) is 4.39 Å². The number of amides is 1. The number of halogens is 2. The van der Waals surface area contributed by atoms with E-state index in [1.54, 1.807) is 48.8 Å². The van der Waals surface area contributed by atoms with Crippen LogP contribution < -0.4 is 0 Å². The highest BCUT2D eigenvalue weighted by Crippen LogP contribution is 2.40. The van der Waals surface area contributed by atoms with Crippen LogP contribution >= 0.6 is 11.6 Å². The van der Waals surface area contributed by atoms with Crippen LogP contribution in [0.2, 0.25) is 5.02 Å². The minimum absolute atomic E-state index is 0.0576. The first-order valence-electron chi connectivity index (χ1n) is 9.14. The summed E-state index contributed by atoms with van der Waals surface area (Å²) in [6.45, 7) is 0.131. The van der Waals surface area contributed by atoms with E-state index >= 15 is 0 Å². The first-order chi connectivity index (χ1) is 14.5. The third-order valence-electron chi connectivity index (χ3n) is 4.92. The third kappa shape index (κ3) is 3.69. The number of aromatic nitrogens is 1. The second kappa shape index (κ2) is 8.08. The first kappa shape index (κ1) is 19.8. The fraction of sp³-hybridized carbons (Fsp3) is 0.0870. The van der Waals surface area contributed by atoms with E-state index in [0.717, 1.165) is 5.56 Å². The molecular formula is C23H16ClFN2O3. The highest BCUT2D eigenvalue weighted by atomic mass is 35.5. The quantitative estimate of drug-likeness (QED) is 0.382. The van der Waals surface area contributed by atoms with Crippen molar-refractivity contribution in [2.24, 2.45) is 0 Å². The minimum Gasteiger partial charge on any atom is -0.507 e. The van der Waals surface area contributed by atoms with Gasteiger partial charge in [-0.3, -0.25) is 14.6 Å². The maximum absolute atomic E-state index is 13.3. The number of carbonyl (C=O) groups is 2. The molecule has 2 heterocycles. The molecule has 1 unspecified atom stereocenters. The number of hydrogen-bond donors (Lipinski definition) is 1. The standard InChI is InChI=1S/C23H16ClFN2O3/c24-17-7-3-15(4-8-17)20-19(21(28)16-5-9-18(25)10-6-16)22(29)23(30)27(20)13-14-2-1-11-26-12-14/h1-12,20,28H,13H2/b21-19-. The molecule has 2 aromatic carbocycles. The Labute approximate surface area is 177 Å². The van der Waals surface area contributed by atoms with Crippen molar-refractivity contribution in [2.75, 3.05) is 0 Å². The lowest BCUT2D eigenvalue weighted by Crippen LogP contribution is -2.29. The van der Waals surface area contributed by atoms with Gasteiger partial charge in [0.05, 0.1) is 11.6 Å². The van der Waals surface area contributed by atoms with Gasteiger partial charge in [0.25, 0.3) is 11.7 Å². The largest absolute Gasteiger partial charge is 0.507 e. The molecule has 5 nitrogen and oxygen atoms in total. The molecule has 30 heavy (non-hydrogen) atoms. The summed E-state index contributed by atoms with van der Waals surface area (Å²) in [5.74, 6) is -2.37. The van der Waals surface area contributed by atoms with Crippen molar-refractivity contribution in [1.82, 2.24) is 9.88 Å². The Morgan fingerprint density at radius 2 is 1.77 bits per heavy atom. The van der Waals surface area contributed by atoms with Crippen LogP contribution in [0.1, 0.15) is 22.7 Å². The predicted octanol–water partition coefficient (Wildman–Crippen LogP) is 4.50. The number of pyridine rings is 1. The summed E-state index contributed by atoms with van der Waals surface area (Å²) in [6, 6.07) is 14.5. The number of benzene rings is 2. The molecule has 0 saturated carbocycles. The second-order valence-corrected chi connectivity index (χ2v) is 7.28. The van der Waals surface area contributed by atoms with Gasteiger partial charge >= 0.3 is 0 Å². The molecule has 1 amide bonds. The van der Waals surface area contributed by atoms with E-state index in [0.29, 0.717) is 10.6 Å². The summed E-state index contributed by atoms with van der Waals surface area (Å²) in [5, 5.41) is 11.4. The van der Waals surface area contributed by atoms with Gasteiger partial charge in [-0.1, -0.05) is 29.8 Å². The van der Waals surface area contributed by atoms with Crippen LogP contribution in [-0.4, -0.2) is 26.7 Å². The van der Waals surface area contributed by atoms with Crippen molar-refractivity contribution < 1.29 is 19.1 Å². The highest BCUT2D eigenvalue weighted by molar-refractivity contribution is 6.46. The lowest BCUT2D eigenvalue weighted by atomic mass is 9.95. The van der Waals surface area contributed by atoms with Gasteiger partial charge in [-0.15, -0.1) is 0 Å². The normalized spacial score (nSPS) is 18.1. The number of nitrogens with zero attached hydrogens (tertiary/aromatic N) is 2. The molecule has 1 aromatic heterocycles. The zero-order valence-corrected chi connectivity index (χ0v) is 16.4. The van der Waals surface area contributed by atoms with Crippen molar-refractivity contribution in [3.8, 4) is 0 Å². The van der Waals surface area contributed by atoms with Crippen LogP contribution in [0, 0.1) is 5.82 Å². The minimum atomic E-state index is -0.826. The first-order valence-corrected chi connectivity index (χ1v) is 9.52. The molecule has 1 atom stereocenters. The lowest BCUT2D eigenvalue weighted by Gasteiger charge is -2.25. The Balaban J connectivity index is 1.85. The number of ketones is 1. The van der Waals surface area contributed by atoms with Crippen LogP contribution in [0.5, 0.6) is 0 Å². The molecule has 1 aliphatic rings. The molecule has 1 N–H and O–H groups in total. The van der Waals surface area contributed by atoms with Crippen molar-refractivity contribution in [3.63, 3.8) is 0 Å². The Hall–Kier alpha value is -3.51. The third-order valence-corrected chi connectivity index (χ3v) is 5.17. The fourth-order valence-electron chi connectivity index (χ4n) is 3.49. The van der Waals surface area contributed by atoms with E-state index in [1.165, 1.54) is 29.2 Å². The lowest BCUT2D eigenvalue weighted by molar-refractivity contribution is -0.140. The van der Waals surface area contributed by atoms with Gasteiger partial charge < -0.3 is 10.0 Å². The number of rotatable bonds is 4. The Morgan fingerprint density at radius 3 is 2.40 bits per heavy atom. The molecule has 0 aliphatic carbocycles. The van der Waals surface area contributed by atoms with Crippen LogP contribution in [-0.2, 0) is 16.1 Å². The van der Waals surface area contributed by atoms with Crippen LogP contribution in [0.4, 0.5) is 4.39 Å². The molecule has 0 spiro atoms. The van der Waals surface area contributed by atoms with Gasteiger partial charge in [0, 0.05) is 29.5 Å². The second-order valence-electron chi connectivity index (χ2n) is 6.85. The number of carbonyl (C=O) groups excluding carboxylic acids is 2. The zero-order chi connectivity index (χ0) is 21.3. The molecule has 1 fully saturated rings. The summed E-state index contributed by atoms with van der Waals surface area (Å²) >= 11 is 6.00. The smallest absolute Gasteiger partial charge is 0.295 e. The molecule has 0 bridgehead atoms. The average molecular weight is 423 g/mol. The Bertz CT molecular complexity index is 1130. The molecule has 0 radical (unpaired) electrons. The monoisotopic (exact) mass is 422 g/mol. The number of aliphatic hydroxyl groups excluding tert-OH is 1. The van der Waals surface area contributed by atoms with Gasteiger partial charge in [-0.2, -0.15) is 0 Å². The van der Waals surface area contributed by atoms with Gasteiger partial charge in [-0.05, 0) is 53.6 Å².